The molecule has 0 aromatic carbocycles. The van der Waals surface area contributed by atoms with Crippen molar-refractivity contribution in [2.24, 2.45) is 11.8 Å². The Bertz CT molecular complexity index is 300. The molecule has 3 nitrogen and oxygen atoms in total. The Labute approximate surface area is 83.5 Å². The number of rotatable bonds is 0. The molecule has 0 spiro atoms. The van der Waals surface area contributed by atoms with Crippen LogP contribution >= 0.6 is 0 Å². The van der Waals surface area contributed by atoms with Crippen molar-refractivity contribution in [2.75, 3.05) is 6.54 Å². The van der Waals surface area contributed by atoms with E-state index in [-0.39, 0.29) is 0 Å². The van der Waals surface area contributed by atoms with E-state index in [1.54, 1.807) is 0 Å². The Kier molecular flexibility index (Phi) is 1.70. The summed E-state index contributed by atoms with van der Waals surface area (Å²) in [4.78, 5) is 25.2. The van der Waals surface area contributed by atoms with Gasteiger partial charge in [0.25, 0.3) is 0 Å². The maximum absolute atomic E-state index is 11.6. The topological polar surface area (TPSA) is 37.4 Å². The molecule has 76 valence electrons. The van der Waals surface area contributed by atoms with E-state index in [1.165, 1.54) is 0 Å². The van der Waals surface area contributed by atoms with Crippen LogP contribution < -0.4 is 0 Å². The monoisotopic (exact) mass is 193 g/mol. The Morgan fingerprint density at radius 2 is 1.79 bits per heavy atom. The van der Waals surface area contributed by atoms with Gasteiger partial charge >= 0.3 is 0 Å². The highest BCUT2D eigenvalue weighted by Gasteiger charge is 2.48. The predicted octanol–water partition coefficient (Wildman–Crippen LogP) is 0.976. The lowest BCUT2D eigenvalue weighted by Gasteiger charge is -2.41. The summed E-state index contributed by atoms with van der Waals surface area (Å²) in [5.41, 5.74) is 0. The molecule has 2 aliphatic heterocycles. The number of carbonyl (C=O) groups is 2. The summed E-state index contributed by atoms with van der Waals surface area (Å²) >= 11 is 0. The molecule has 1 saturated carbocycles. The molecule has 3 rings (SSSR count). The van der Waals surface area contributed by atoms with Crippen molar-refractivity contribution < 1.29 is 9.59 Å². The third-order valence-electron chi connectivity index (χ3n) is 4.10. The summed E-state index contributed by atoms with van der Waals surface area (Å²) in [7, 11) is 0. The zero-order chi connectivity index (χ0) is 9.71. The Hall–Kier alpha value is -0.860. The molecule has 0 aromatic rings. The van der Waals surface area contributed by atoms with Crippen LogP contribution in [0.5, 0.6) is 0 Å². The van der Waals surface area contributed by atoms with Gasteiger partial charge in [-0.25, -0.2) is 0 Å². The van der Waals surface area contributed by atoms with Gasteiger partial charge in [-0.3, -0.25) is 9.59 Å². The Morgan fingerprint density at radius 1 is 1.07 bits per heavy atom. The van der Waals surface area contributed by atoms with Gasteiger partial charge in [-0.15, -0.1) is 0 Å². The SMILES string of the molecule is O=C1C[C@H]2CCC(=O)N3CC[C@@H](C1)C23. The molecule has 1 amide bonds. The van der Waals surface area contributed by atoms with E-state index in [0.29, 0.717) is 36.0 Å². The van der Waals surface area contributed by atoms with Gasteiger partial charge in [0.1, 0.15) is 5.78 Å². The highest BCUT2D eigenvalue weighted by molar-refractivity contribution is 5.83. The summed E-state index contributed by atoms with van der Waals surface area (Å²) in [5.74, 6) is 1.72. The zero-order valence-electron chi connectivity index (χ0n) is 8.24. The third kappa shape index (κ3) is 1.04. The zero-order valence-corrected chi connectivity index (χ0v) is 8.24. The lowest BCUT2D eigenvalue weighted by atomic mass is 9.73. The second-order valence-corrected chi connectivity index (χ2v) is 4.87. The fourth-order valence-corrected chi connectivity index (χ4v) is 3.55. The molecule has 0 radical (unpaired) electrons. The largest absolute Gasteiger partial charge is 0.339 e. The van der Waals surface area contributed by atoms with E-state index >= 15 is 0 Å². The molecule has 3 heteroatoms. The fourth-order valence-electron chi connectivity index (χ4n) is 3.55. The summed E-state index contributed by atoms with van der Waals surface area (Å²) in [6.07, 6.45) is 4.12. The number of piperidine rings is 1. The van der Waals surface area contributed by atoms with E-state index in [1.807, 2.05) is 4.90 Å². The van der Waals surface area contributed by atoms with Crippen LogP contribution in [0.3, 0.4) is 0 Å². The van der Waals surface area contributed by atoms with E-state index < -0.39 is 0 Å². The molecule has 14 heavy (non-hydrogen) atoms. The number of nitrogens with zero attached hydrogens (tertiary/aromatic N) is 1. The third-order valence-corrected chi connectivity index (χ3v) is 4.10. The van der Waals surface area contributed by atoms with Crippen LogP contribution in [0, 0.1) is 11.8 Å². The van der Waals surface area contributed by atoms with Crippen molar-refractivity contribution in [3.63, 3.8) is 0 Å². The van der Waals surface area contributed by atoms with Gasteiger partial charge in [0.2, 0.25) is 5.91 Å². The molecule has 3 aliphatic rings. The minimum absolute atomic E-state index is 0.322. The molecule has 0 bridgehead atoms. The van der Waals surface area contributed by atoms with Crippen molar-refractivity contribution in [2.45, 2.75) is 38.1 Å². The summed E-state index contributed by atoms with van der Waals surface area (Å²) < 4.78 is 0. The molecule has 1 unspecified atom stereocenters. The summed E-state index contributed by atoms with van der Waals surface area (Å²) in [5, 5.41) is 0. The van der Waals surface area contributed by atoms with Gasteiger partial charge in [-0.2, -0.15) is 0 Å². The van der Waals surface area contributed by atoms with Crippen LogP contribution in [0.15, 0.2) is 0 Å². The minimum Gasteiger partial charge on any atom is -0.339 e. The van der Waals surface area contributed by atoms with Crippen molar-refractivity contribution in [1.29, 1.82) is 0 Å². The normalized spacial score (nSPS) is 41.4. The van der Waals surface area contributed by atoms with Crippen LogP contribution in [0.2, 0.25) is 0 Å². The van der Waals surface area contributed by atoms with Gasteiger partial charge in [-0.05, 0) is 24.7 Å². The molecule has 2 heterocycles. The van der Waals surface area contributed by atoms with Gasteiger partial charge < -0.3 is 4.90 Å². The van der Waals surface area contributed by atoms with Crippen LogP contribution in [0.4, 0.5) is 0 Å². The standard InChI is InChI=1S/C11H15NO2/c13-9-5-7-1-2-10(14)12-4-3-8(6-9)11(7)12/h7-8,11H,1-6H2/t7-,8+,11?/m1/s1. The number of hydrogen-bond acceptors (Lipinski definition) is 2. The Balaban J connectivity index is 1.91. The van der Waals surface area contributed by atoms with E-state index in [9.17, 15) is 9.59 Å². The van der Waals surface area contributed by atoms with Crippen LogP contribution in [-0.4, -0.2) is 29.2 Å². The molecule has 3 fully saturated rings. The molecule has 0 aromatic heterocycles. The van der Waals surface area contributed by atoms with Crippen LogP contribution in [0.1, 0.15) is 32.1 Å². The van der Waals surface area contributed by atoms with E-state index in [4.69, 9.17) is 0 Å². The number of carbonyl (C=O) groups excluding carboxylic acids is 2. The molecule has 3 atom stereocenters. The van der Waals surface area contributed by atoms with Crippen molar-refractivity contribution in [3.05, 3.63) is 0 Å². The minimum atomic E-state index is 0.322. The highest BCUT2D eigenvalue weighted by Crippen LogP contribution is 2.43. The van der Waals surface area contributed by atoms with E-state index in [0.717, 1.165) is 32.2 Å². The predicted molar refractivity (Wildman–Crippen MR) is 50.6 cm³/mol. The number of amides is 1. The van der Waals surface area contributed by atoms with Gasteiger partial charge in [-0.1, -0.05) is 0 Å². The molecule has 1 aliphatic carbocycles. The number of ketones is 1. The Morgan fingerprint density at radius 3 is 2.57 bits per heavy atom. The first-order valence-corrected chi connectivity index (χ1v) is 5.57. The second kappa shape index (κ2) is 2.81. The van der Waals surface area contributed by atoms with Crippen LogP contribution in [0.25, 0.3) is 0 Å². The quantitative estimate of drug-likeness (QED) is 0.575. The molecule has 0 N–H and O–H groups in total. The fraction of sp³-hybridized carbons (Fsp3) is 0.818. The maximum Gasteiger partial charge on any atom is 0.222 e. The first-order valence-electron chi connectivity index (χ1n) is 5.57. The summed E-state index contributed by atoms with van der Waals surface area (Å²) in [6, 6.07) is 0.425. The van der Waals surface area contributed by atoms with Crippen molar-refractivity contribution in [3.8, 4) is 0 Å². The van der Waals surface area contributed by atoms with Crippen molar-refractivity contribution >= 4 is 11.7 Å². The molecule has 2 saturated heterocycles. The average molecular weight is 193 g/mol. The lowest BCUT2D eigenvalue weighted by Crippen LogP contribution is -2.49. The number of hydrogen-bond donors (Lipinski definition) is 0. The summed E-state index contributed by atoms with van der Waals surface area (Å²) in [6.45, 7) is 0.901. The van der Waals surface area contributed by atoms with Gasteiger partial charge in [0, 0.05) is 31.8 Å². The number of Topliss-reactive ketones (excluding diaryl/α,β-unsaturated/α-hetero) is 1. The van der Waals surface area contributed by atoms with Gasteiger partial charge in [0.05, 0.1) is 0 Å². The van der Waals surface area contributed by atoms with E-state index in [2.05, 4.69) is 0 Å². The molecular formula is C11H15NO2. The van der Waals surface area contributed by atoms with Crippen LogP contribution in [-0.2, 0) is 9.59 Å². The molecular weight excluding hydrogens is 178 g/mol. The maximum atomic E-state index is 11.6. The van der Waals surface area contributed by atoms with Gasteiger partial charge in [0.15, 0.2) is 0 Å². The highest BCUT2D eigenvalue weighted by atomic mass is 16.2. The average Bonchev–Trinajstić information content (AvgIpc) is 2.56. The lowest BCUT2D eigenvalue weighted by molar-refractivity contribution is -0.141. The van der Waals surface area contributed by atoms with Crippen molar-refractivity contribution in [1.82, 2.24) is 4.90 Å². The first-order chi connectivity index (χ1) is 6.75. The second-order valence-electron chi connectivity index (χ2n) is 4.87. The smallest absolute Gasteiger partial charge is 0.222 e. The first kappa shape index (κ1) is 8.45.